The second-order valence-electron chi connectivity index (χ2n) is 6.36. The number of fused-ring (bicyclic) bond motifs is 1. The van der Waals surface area contributed by atoms with Crippen molar-refractivity contribution in [2.24, 2.45) is 0 Å². The van der Waals surface area contributed by atoms with Crippen LogP contribution >= 0.6 is 0 Å². The van der Waals surface area contributed by atoms with Crippen LogP contribution in [0.1, 0.15) is 67.4 Å². The SMILES string of the molecule is C[C@@H]1Cc2c(C(=O)NC3(CO)CCCC3)n[nH]c2[C@H](C)O1. The van der Waals surface area contributed by atoms with Gasteiger partial charge in [0.25, 0.3) is 5.91 Å². The van der Waals surface area contributed by atoms with Gasteiger partial charge in [0.15, 0.2) is 5.69 Å². The van der Waals surface area contributed by atoms with Crippen molar-refractivity contribution < 1.29 is 14.6 Å². The highest BCUT2D eigenvalue weighted by Crippen LogP contribution is 2.32. The number of aromatic nitrogens is 2. The van der Waals surface area contributed by atoms with Crippen molar-refractivity contribution in [3.8, 4) is 0 Å². The molecule has 3 rings (SSSR count). The van der Waals surface area contributed by atoms with E-state index < -0.39 is 5.54 Å². The number of amides is 1. The molecule has 116 valence electrons. The Morgan fingerprint density at radius 3 is 2.86 bits per heavy atom. The summed E-state index contributed by atoms with van der Waals surface area (Å²) in [6.07, 6.45) is 4.44. The zero-order valence-corrected chi connectivity index (χ0v) is 12.6. The van der Waals surface area contributed by atoms with Crippen LogP contribution in [0, 0.1) is 0 Å². The Morgan fingerprint density at radius 1 is 1.48 bits per heavy atom. The molecular weight excluding hydrogens is 270 g/mol. The molecule has 1 fully saturated rings. The molecule has 1 aliphatic heterocycles. The Kier molecular flexibility index (Phi) is 3.75. The van der Waals surface area contributed by atoms with Gasteiger partial charge < -0.3 is 15.2 Å². The molecule has 2 heterocycles. The lowest BCUT2D eigenvalue weighted by atomic mass is 9.96. The summed E-state index contributed by atoms with van der Waals surface area (Å²) in [7, 11) is 0. The molecule has 3 N–H and O–H groups in total. The molecule has 6 nitrogen and oxygen atoms in total. The number of rotatable bonds is 3. The van der Waals surface area contributed by atoms with Gasteiger partial charge in [0.05, 0.1) is 30.0 Å². The predicted octanol–water partition coefficient (Wildman–Crippen LogP) is 1.47. The lowest BCUT2D eigenvalue weighted by Gasteiger charge is -2.28. The highest BCUT2D eigenvalue weighted by molar-refractivity contribution is 5.94. The van der Waals surface area contributed by atoms with Gasteiger partial charge >= 0.3 is 0 Å². The van der Waals surface area contributed by atoms with E-state index in [-0.39, 0.29) is 24.7 Å². The van der Waals surface area contributed by atoms with Gasteiger partial charge in [-0.25, -0.2) is 0 Å². The summed E-state index contributed by atoms with van der Waals surface area (Å²) < 4.78 is 5.74. The summed E-state index contributed by atoms with van der Waals surface area (Å²) in [6.45, 7) is 3.95. The van der Waals surface area contributed by atoms with E-state index in [0.717, 1.165) is 36.9 Å². The number of carbonyl (C=O) groups excluding carboxylic acids is 1. The number of hydrogen-bond donors (Lipinski definition) is 3. The van der Waals surface area contributed by atoms with Crippen LogP contribution in [0.4, 0.5) is 0 Å². The van der Waals surface area contributed by atoms with E-state index in [0.29, 0.717) is 12.1 Å². The Hall–Kier alpha value is -1.40. The van der Waals surface area contributed by atoms with Crippen LogP contribution in [0.3, 0.4) is 0 Å². The minimum absolute atomic E-state index is 0.0126. The summed E-state index contributed by atoms with van der Waals surface area (Å²) in [6, 6.07) is 0. The van der Waals surface area contributed by atoms with Gasteiger partial charge in [0.2, 0.25) is 0 Å². The van der Waals surface area contributed by atoms with E-state index >= 15 is 0 Å². The van der Waals surface area contributed by atoms with Gasteiger partial charge in [0.1, 0.15) is 0 Å². The monoisotopic (exact) mass is 293 g/mol. The van der Waals surface area contributed by atoms with Crippen molar-refractivity contribution in [1.29, 1.82) is 0 Å². The molecule has 0 spiro atoms. The number of aliphatic hydroxyl groups is 1. The zero-order valence-electron chi connectivity index (χ0n) is 12.6. The maximum Gasteiger partial charge on any atom is 0.272 e. The number of H-pyrrole nitrogens is 1. The van der Waals surface area contributed by atoms with Crippen molar-refractivity contribution in [3.05, 3.63) is 17.0 Å². The molecule has 1 aromatic rings. The summed E-state index contributed by atoms with van der Waals surface area (Å²) in [4.78, 5) is 12.6. The number of nitrogens with one attached hydrogen (secondary N) is 2. The number of aliphatic hydroxyl groups excluding tert-OH is 1. The number of nitrogens with zero attached hydrogens (tertiary/aromatic N) is 1. The van der Waals surface area contributed by atoms with Crippen LogP contribution in [-0.2, 0) is 11.2 Å². The molecular formula is C15H23N3O3. The van der Waals surface area contributed by atoms with Crippen LogP contribution in [0.25, 0.3) is 0 Å². The molecule has 0 aromatic carbocycles. The summed E-state index contributed by atoms with van der Waals surface area (Å²) in [5.74, 6) is -0.190. The minimum atomic E-state index is -0.467. The van der Waals surface area contributed by atoms with Crippen molar-refractivity contribution in [2.75, 3.05) is 6.61 Å². The topological polar surface area (TPSA) is 87.2 Å². The van der Waals surface area contributed by atoms with E-state index in [1.165, 1.54) is 0 Å². The Morgan fingerprint density at radius 2 is 2.19 bits per heavy atom. The fraction of sp³-hybridized carbons (Fsp3) is 0.733. The highest BCUT2D eigenvalue weighted by Gasteiger charge is 2.37. The summed E-state index contributed by atoms with van der Waals surface area (Å²) in [5.41, 5.74) is 1.82. The average Bonchev–Trinajstić information content (AvgIpc) is 3.06. The third kappa shape index (κ3) is 2.58. The first-order chi connectivity index (χ1) is 10.0. The van der Waals surface area contributed by atoms with E-state index in [2.05, 4.69) is 15.5 Å². The lowest BCUT2D eigenvalue weighted by Crippen LogP contribution is -2.49. The predicted molar refractivity (Wildman–Crippen MR) is 77.0 cm³/mol. The largest absolute Gasteiger partial charge is 0.394 e. The maximum atomic E-state index is 12.6. The molecule has 2 atom stereocenters. The van der Waals surface area contributed by atoms with Crippen LogP contribution in [-0.4, -0.2) is 39.5 Å². The molecule has 0 radical (unpaired) electrons. The number of aromatic amines is 1. The molecule has 1 aliphatic carbocycles. The molecule has 1 amide bonds. The van der Waals surface area contributed by atoms with Crippen LogP contribution in [0.5, 0.6) is 0 Å². The van der Waals surface area contributed by atoms with Gasteiger partial charge in [-0.3, -0.25) is 9.89 Å². The molecule has 6 heteroatoms. The van der Waals surface area contributed by atoms with Gasteiger partial charge in [-0.1, -0.05) is 12.8 Å². The maximum absolute atomic E-state index is 12.6. The second kappa shape index (κ2) is 5.42. The molecule has 0 saturated heterocycles. The molecule has 21 heavy (non-hydrogen) atoms. The van der Waals surface area contributed by atoms with E-state index in [9.17, 15) is 9.90 Å². The van der Waals surface area contributed by atoms with Crippen molar-refractivity contribution in [1.82, 2.24) is 15.5 Å². The van der Waals surface area contributed by atoms with Gasteiger partial charge in [-0.15, -0.1) is 0 Å². The number of carbonyl (C=O) groups is 1. The number of hydrogen-bond acceptors (Lipinski definition) is 4. The summed E-state index contributed by atoms with van der Waals surface area (Å²) in [5, 5.41) is 19.8. The normalized spacial score (nSPS) is 27.4. The highest BCUT2D eigenvalue weighted by atomic mass is 16.5. The molecule has 2 aliphatic rings. The average molecular weight is 293 g/mol. The Balaban J connectivity index is 1.83. The van der Waals surface area contributed by atoms with Crippen LogP contribution in [0.15, 0.2) is 0 Å². The van der Waals surface area contributed by atoms with Crippen LogP contribution in [0.2, 0.25) is 0 Å². The smallest absolute Gasteiger partial charge is 0.272 e. The minimum Gasteiger partial charge on any atom is -0.394 e. The Labute approximate surface area is 124 Å². The van der Waals surface area contributed by atoms with Crippen molar-refractivity contribution in [2.45, 2.75) is 63.7 Å². The van der Waals surface area contributed by atoms with Gasteiger partial charge in [0, 0.05) is 12.0 Å². The van der Waals surface area contributed by atoms with Gasteiger partial charge in [-0.05, 0) is 26.7 Å². The summed E-state index contributed by atoms with van der Waals surface area (Å²) >= 11 is 0. The van der Waals surface area contributed by atoms with Gasteiger partial charge in [-0.2, -0.15) is 5.10 Å². The lowest BCUT2D eigenvalue weighted by molar-refractivity contribution is -0.00698. The van der Waals surface area contributed by atoms with Crippen molar-refractivity contribution in [3.63, 3.8) is 0 Å². The van der Waals surface area contributed by atoms with E-state index in [1.807, 2.05) is 13.8 Å². The van der Waals surface area contributed by atoms with E-state index in [4.69, 9.17) is 4.74 Å². The fourth-order valence-electron chi connectivity index (χ4n) is 3.54. The third-order valence-electron chi connectivity index (χ3n) is 4.69. The second-order valence-corrected chi connectivity index (χ2v) is 6.36. The standard InChI is InChI=1S/C15H23N3O3/c1-9-7-11-12(10(2)21-9)17-18-13(11)14(20)16-15(8-19)5-3-4-6-15/h9-10,19H,3-8H2,1-2H3,(H,16,20)(H,17,18)/t9-,10+/m1/s1. The van der Waals surface area contributed by atoms with Crippen LogP contribution < -0.4 is 5.32 Å². The fourth-order valence-corrected chi connectivity index (χ4v) is 3.54. The first kappa shape index (κ1) is 14.5. The first-order valence-corrected chi connectivity index (χ1v) is 7.70. The third-order valence-corrected chi connectivity index (χ3v) is 4.69. The molecule has 0 bridgehead atoms. The molecule has 1 aromatic heterocycles. The quantitative estimate of drug-likeness (QED) is 0.787. The van der Waals surface area contributed by atoms with E-state index in [1.54, 1.807) is 0 Å². The first-order valence-electron chi connectivity index (χ1n) is 7.70. The zero-order chi connectivity index (χ0) is 15.0. The number of ether oxygens (including phenoxy) is 1. The molecule has 1 saturated carbocycles. The van der Waals surface area contributed by atoms with Crippen molar-refractivity contribution >= 4 is 5.91 Å². The Bertz CT molecular complexity index is 534. The molecule has 0 unspecified atom stereocenters.